The molecule has 1 fully saturated rings. The average Bonchev–Trinajstić information content (AvgIpc) is 2.28. The summed E-state index contributed by atoms with van der Waals surface area (Å²) in [6.07, 6.45) is 4.24. The minimum absolute atomic E-state index is 0.162. The Kier molecular flexibility index (Phi) is 3.95. The van der Waals surface area contributed by atoms with Crippen LogP contribution < -0.4 is 5.32 Å². The Hall–Kier alpha value is -0.640. The molecule has 18 heavy (non-hydrogen) atoms. The van der Waals surface area contributed by atoms with E-state index >= 15 is 0 Å². The van der Waals surface area contributed by atoms with Gasteiger partial charge in [-0.25, -0.2) is 8.78 Å². The van der Waals surface area contributed by atoms with E-state index in [1.807, 2.05) is 0 Å². The van der Waals surface area contributed by atoms with Gasteiger partial charge in [0.1, 0.15) is 11.6 Å². The molecule has 100 valence electrons. The van der Waals surface area contributed by atoms with Crippen LogP contribution in [-0.2, 0) is 0 Å². The molecule has 1 aliphatic rings. The highest BCUT2D eigenvalue weighted by molar-refractivity contribution is 9.10. The molecule has 2 rings (SSSR count). The van der Waals surface area contributed by atoms with Crippen molar-refractivity contribution in [3.8, 4) is 0 Å². The molecule has 0 unspecified atom stereocenters. The Morgan fingerprint density at radius 1 is 1.17 bits per heavy atom. The second-order valence-corrected chi connectivity index (χ2v) is 6.68. The Balaban J connectivity index is 2.04. The number of nitrogens with one attached hydrogen (secondary N) is 1. The van der Waals surface area contributed by atoms with Gasteiger partial charge in [-0.2, -0.15) is 0 Å². The highest BCUT2D eigenvalue weighted by Gasteiger charge is 2.27. The highest BCUT2D eigenvalue weighted by Crippen LogP contribution is 2.36. The number of benzene rings is 1. The maximum absolute atomic E-state index is 13.7. The van der Waals surface area contributed by atoms with Crippen LogP contribution in [0.25, 0.3) is 0 Å². The summed E-state index contributed by atoms with van der Waals surface area (Å²) in [6.45, 7) is 4.51. The van der Waals surface area contributed by atoms with Crippen LogP contribution in [0.4, 0.5) is 14.5 Å². The third kappa shape index (κ3) is 3.22. The van der Waals surface area contributed by atoms with Crippen LogP contribution in [0.1, 0.15) is 39.5 Å². The lowest BCUT2D eigenvalue weighted by Gasteiger charge is -2.35. The molecule has 0 saturated heterocycles. The molecule has 1 aliphatic carbocycles. The second-order valence-electron chi connectivity index (χ2n) is 5.83. The minimum Gasteiger partial charge on any atom is -0.380 e. The van der Waals surface area contributed by atoms with Crippen molar-refractivity contribution < 1.29 is 8.78 Å². The maximum atomic E-state index is 13.7. The summed E-state index contributed by atoms with van der Waals surface area (Å²) in [5.41, 5.74) is 0.641. The van der Waals surface area contributed by atoms with Gasteiger partial charge in [0.25, 0.3) is 0 Å². The van der Waals surface area contributed by atoms with Gasteiger partial charge in [0.15, 0.2) is 0 Å². The van der Waals surface area contributed by atoms with Crippen molar-refractivity contribution in [2.24, 2.45) is 5.41 Å². The fourth-order valence-corrected chi connectivity index (χ4v) is 2.71. The zero-order valence-corrected chi connectivity index (χ0v) is 12.3. The maximum Gasteiger partial charge on any atom is 0.147 e. The molecule has 0 aliphatic heterocycles. The van der Waals surface area contributed by atoms with Crippen molar-refractivity contribution >= 4 is 21.6 Å². The molecule has 1 nitrogen and oxygen atoms in total. The normalized spacial score (nSPS) is 19.8. The van der Waals surface area contributed by atoms with E-state index in [4.69, 9.17) is 0 Å². The van der Waals surface area contributed by atoms with E-state index in [1.54, 1.807) is 0 Å². The standard InChI is InChI=1S/C14H18BrF2N/c1-14(2)5-3-9(4-6-14)18-13-8-11(16)10(15)7-12(13)17/h7-9,18H,3-6H2,1-2H3. The Bertz CT molecular complexity index is 436. The van der Waals surface area contributed by atoms with Crippen molar-refractivity contribution in [1.82, 2.24) is 0 Å². The van der Waals surface area contributed by atoms with Gasteiger partial charge in [0.05, 0.1) is 10.2 Å². The first kappa shape index (κ1) is 13.8. The first-order valence-electron chi connectivity index (χ1n) is 6.28. The van der Waals surface area contributed by atoms with Crippen molar-refractivity contribution in [1.29, 1.82) is 0 Å². The summed E-state index contributed by atoms with van der Waals surface area (Å²) in [5.74, 6) is -0.844. The predicted octanol–water partition coefficient (Wildman–Crippen LogP) is 5.11. The summed E-state index contributed by atoms with van der Waals surface area (Å²) in [4.78, 5) is 0. The number of hydrogen-bond donors (Lipinski definition) is 1. The van der Waals surface area contributed by atoms with Crippen molar-refractivity contribution in [3.63, 3.8) is 0 Å². The quantitative estimate of drug-likeness (QED) is 0.747. The lowest BCUT2D eigenvalue weighted by Crippen LogP contribution is -2.30. The molecule has 4 heteroatoms. The van der Waals surface area contributed by atoms with E-state index in [9.17, 15) is 8.78 Å². The van der Waals surface area contributed by atoms with E-state index in [2.05, 4.69) is 35.1 Å². The molecule has 0 spiro atoms. The van der Waals surface area contributed by atoms with E-state index < -0.39 is 11.6 Å². The molecule has 0 amide bonds. The van der Waals surface area contributed by atoms with Gasteiger partial charge in [-0.3, -0.25) is 0 Å². The molecule has 0 heterocycles. The van der Waals surface area contributed by atoms with Crippen LogP contribution in [0, 0.1) is 17.0 Å². The minimum atomic E-state index is -0.435. The van der Waals surface area contributed by atoms with Crippen LogP contribution in [0.2, 0.25) is 0 Å². The largest absolute Gasteiger partial charge is 0.380 e. The Morgan fingerprint density at radius 2 is 1.78 bits per heavy atom. The molecular formula is C14H18BrF2N. The fraction of sp³-hybridized carbons (Fsp3) is 0.571. The topological polar surface area (TPSA) is 12.0 Å². The fourth-order valence-electron chi connectivity index (χ4n) is 2.40. The van der Waals surface area contributed by atoms with E-state index in [0.717, 1.165) is 25.7 Å². The Labute approximate surface area is 115 Å². The molecule has 0 bridgehead atoms. The zero-order valence-electron chi connectivity index (χ0n) is 10.7. The van der Waals surface area contributed by atoms with E-state index in [0.29, 0.717) is 5.41 Å². The monoisotopic (exact) mass is 317 g/mol. The van der Waals surface area contributed by atoms with Gasteiger partial charge in [0.2, 0.25) is 0 Å². The summed E-state index contributed by atoms with van der Waals surface area (Å²) < 4.78 is 27.2. The number of anilines is 1. The summed E-state index contributed by atoms with van der Waals surface area (Å²) in [5, 5.41) is 3.12. The lowest BCUT2D eigenvalue weighted by atomic mass is 9.75. The first-order valence-corrected chi connectivity index (χ1v) is 7.08. The third-order valence-electron chi connectivity index (χ3n) is 3.71. The van der Waals surface area contributed by atoms with Gasteiger partial charge in [-0.05, 0) is 53.1 Å². The lowest BCUT2D eigenvalue weighted by molar-refractivity contribution is 0.232. The molecule has 1 saturated carbocycles. The Morgan fingerprint density at radius 3 is 2.39 bits per heavy atom. The second kappa shape index (κ2) is 5.16. The molecule has 1 aromatic carbocycles. The third-order valence-corrected chi connectivity index (χ3v) is 4.32. The molecular weight excluding hydrogens is 300 g/mol. The first-order chi connectivity index (χ1) is 8.37. The smallest absolute Gasteiger partial charge is 0.147 e. The van der Waals surface area contributed by atoms with Crippen LogP contribution in [0.5, 0.6) is 0 Å². The summed E-state index contributed by atoms with van der Waals surface area (Å²) >= 11 is 2.98. The van der Waals surface area contributed by atoms with Crippen LogP contribution >= 0.6 is 15.9 Å². The summed E-state index contributed by atoms with van der Waals surface area (Å²) in [6, 6.07) is 2.64. The SMILES string of the molecule is CC1(C)CCC(Nc2cc(F)c(Br)cc2F)CC1. The van der Waals surface area contributed by atoms with E-state index in [1.165, 1.54) is 12.1 Å². The zero-order chi connectivity index (χ0) is 13.3. The molecule has 0 radical (unpaired) electrons. The number of halogens is 3. The van der Waals surface area contributed by atoms with Crippen molar-refractivity contribution in [3.05, 3.63) is 28.2 Å². The van der Waals surface area contributed by atoms with Gasteiger partial charge in [-0.1, -0.05) is 13.8 Å². The van der Waals surface area contributed by atoms with Gasteiger partial charge in [0, 0.05) is 12.1 Å². The van der Waals surface area contributed by atoms with Crippen LogP contribution in [-0.4, -0.2) is 6.04 Å². The molecule has 0 aromatic heterocycles. The van der Waals surface area contributed by atoms with Crippen molar-refractivity contribution in [2.45, 2.75) is 45.6 Å². The van der Waals surface area contributed by atoms with Crippen LogP contribution in [0.15, 0.2) is 16.6 Å². The number of rotatable bonds is 2. The predicted molar refractivity (Wildman–Crippen MR) is 73.7 cm³/mol. The molecule has 1 N–H and O–H groups in total. The number of hydrogen-bond acceptors (Lipinski definition) is 1. The van der Waals surface area contributed by atoms with Gasteiger partial charge < -0.3 is 5.32 Å². The van der Waals surface area contributed by atoms with Gasteiger partial charge >= 0.3 is 0 Å². The van der Waals surface area contributed by atoms with E-state index in [-0.39, 0.29) is 16.2 Å². The average molecular weight is 318 g/mol. The summed E-state index contributed by atoms with van der Waals surface area (Å²) in [7, 11) is 0. The molecule has 1 aromatic rings. The highest BCUT2D eigenvalue weighted by atomic mass is 79.9. The van der Waals surface area contributed by atoms with Gasteiger partial charge in [-0.15, -0.1) is 0 Å². The van der Waals surface area contributed by atoms with Crippen LogP contribution in [0.3, 0.4) is 0 Å². The van der Waals surface area contributed by atoms with Crippen molar-refractivity contribution in [2.75, 3.05) is 5.32 Å². The molecule has 0 atom stereocenters.